The van der Waals surface area contributed by atoms with E-state index in [4.69, 9.17) is 4.74 Å². The van der Waals surface area contributed by atoms with E-state index in [0.717, 1.165) is 12.1 Å². The fourth-order valence-electron chi connectivity index (χ4n) is 2.72. The second kappa shape index (κ2) is 7.19. The van der Waals surface area contributed by atoms with Crippen LogP contribution >= 0.6 is 0 Å². The molecule has 6 nitrogen and oxygen atoms in total. The molecule has 26 heavy (non-hydrogen) atoms. The van der Waals surface area contributed by atoms with Crippen LogP contribution in [0.2, 0.25) is 0 Å². The third-order valence-electron chi connectivity index (χ3n) is 4.11. The SMILES string of the molecule is COc1ccnc(N2CCN(C(=O)c3cccc(C(F)(F)F)c3)CC2)n1. The van der Waals surface area contributed by atoms with E-state index in [0.29, 0.717) is 38.0 Å². The van der Waals surface area contributed by atoms with Crippen molar-refractivity contribution in [2.45, 2.75) is 6.18 Å². The Morgan fingerprint density at radius 3 is 2.54 bits per heavy atom. The van der Waals surface area contributed by atoms with E-state index in [9.17, 15) is 18.0 Å². The van der Waals surface area contributed by atoms with Crippen LogP contribution in [0, 0.1) is 0 Å². The summed E-state index contributed by atoms with van der Waals surface area (Å²) in [6.07, 6.45) is -2.89. The van der Waals surface area contributed by atoms with Gasteiger partial charge in [-0.15, -0.1) is 0 Å². The fourth-order valence-corrected chi connectivity index (χ4v) is 2.72. The zero-order valence-corrected chi connectivity index (χ0v) is 14.0. The molecule has 9 heteroatoms. The number of anilines is 1. The third-order valence-corrected chi connectivity index (χ3v) is 4.11. The number of alkyl halides is 3. The molecular weight excluding hydrogens is 349 g/mol. The molecule has 0 spiro atoms. The van der Waals surface area contributed by atoms with Crippen molar-refractivity contribution in [1.29, 1.82) is 0 Å². The molecule has 1 aromatic carbocycles. The smallest absolute Gasteiger partial charge is 0.416 e. The van der Waals surface area contributed by atoms with Gasteiger partial charge in [0.15, 0.2) is 0 Å². The molecule has 0 atom stereocenters. The number of benzene rings is 1. The van der Waals surface area contributed by atoms with Gasteiger partial charge in [0.2, 0.25) is 11.8 Å². The summed E-state index contributed by atoms with van der Waals surface area (Å²) in [6, 6.07) is 6.12. The number of halogens is 3. The molecule has 1 fully saturated rings. The van der Waals surface area contributed by atoms with Gasteiger partial charge >= 0.3 is 6.18 Å². The van der Waals surface area contributed by atoms with Crippen LogP contribution in [0.4, 0.5) is 19.1 Å². The number of piperazine rings is 1. The quantitative estimate of drug-likeness (QED) is 0.835. The minimum Gasteiger partial charge on any atom is -0.481 e. The van der Waals surface area contributed by atoms with E-state index in [2.05, 4.69) is 9.97 Å². The number of carbonyl (C=O) groups is 1. The predicted molar refractivity (Wildman–Crippen MR) is 88.1 cm³/mol. The molecule has 138 valence electrons. The molecule has 1 aromatic heterocycles. The van der Waals surface area contributed by atoms with Crippen molar-refractivity contribution in [3.63, 3.8) is 0 Å². The Morgan fingerprint density at radius 2 is 1.88 bits per heavy atom. The predicted octanol–water partition coefficient (Wildman–Crippen LogP) is 2.47. The van der Waals surface area contributed by atoms with Crippen LogP contribution in [0.5, 0.6) is 5.88 Å². The summed E-state index contributed by atoms with van der Waals surface area (Å²) in [5.74, 6) is 0.523. The average Bonchev–Trinajstić information content (AvgIpc) is 2.67. The van der Waals surface area contributed by atoms with E-state index < -0.39 is 17.6 Å². The molecule has 1 amide bonds. The average molecular weight is 366 g/mol. The van der Waals surface area contributed by atoms with Crippen LogP contribution in [0.15, 0.2) is 36.5 Å². The standard InChI is InChI=1S/C17H17F3N4O2/c1-26-14-5-6-21-16(22-14)24-9-7-23(8-10-24)15(25)12-3-2-4-13(11-12)17(18,19)20/h2-6,11H,7-10H2,1H3. The fraction of sp³-hybridized carbons (Fsp3) is 0.353. The zero-order valence-electron chi connectivity index (χ0n) is 14.0. The number of carbonyl (C=O) groups excluding carboxylic acids is 1. The Bertz CT molecular complexity index is 790. The molecule has 2 aromatic rings. The summed E-state index contributed by atoms with van der Waals surface area (Å²) in [6.45, 7) is 1.71. The van der Waals surface area contributed by atoms with Crippen LogP contribution in [0.25, 0.3) is 0 Å². The molecule has 0 saturated carbocycles. The lowest BCUT2D eigenvalue weighted by Crippen LogP contribution is -2.49. The van der Waals surface area contributed by atoms with Gasteiger partial charge in [0.05, 0.1) is 12.7 Å². The van der Waals surface area contributed by atoms with Gasteiger partial charge in [-0.2, -0.15) is 18.2 Å². The summed E-state index contributed by atoms with van der Waals surface area (Å²) in [5.41, 5.74) is -0.794. The topological polar surface area (TPSA) is 58.6 Å². The highest BCUT2D eigenvalue weighted by molar-refractivity contribution is 5.94. The van der Waals surface area contributed by atoms with Gasteiger partial charge in [-0.1, -0.05) is 6.07 Å². The molecule has 2 heterocycles. The lowest BCUT2D eigenvalue weighted by Gasteiger charge is -2.34. The first kappa shape index (κ1) is 18.0. The van der Waals surface area contributed by atoms with Crippen LogP contribution in [-0.2, 0) is 6.18 Å². The molecule has 0 aliphatic carbocycles. The summed E-state index contributed by atoms with van der Waals surface area (Å²) in [7, 11) is 1.51. The number of hydrogen-bond donors (Lipinski definition) is 0. The van der Waals surface area contributed by atoms with E-state index in [1.165, 1.54) is 24.1 Å². The monoisotopic (exact) mass is 366 g/mol. The van der Waals surface area contributed by atoms with Crippen molar-refractivity contribution >= 4 is 11.9 Å². The lowest BCUT2D eigenvalue weighted by molar-refractivity contribution is -0.137. The van der Waals surface area contributed by atoms with Crippen molar-refractivity contribution in [2.75, 3.05) is 38.2 Å². The van der Waals surface area contributed by atoms with Crippen molar-refractivity contribution < 1.29 is 22.7 Å². The highest BCUT2D eigenvalue weighted by Crippen LogP contribution is 2.29. The Labute approximate surface area is 148 Å². The van der Waals surface area contributed by atoms with Crippen molar-refractivity contribution in [3.8, 4) is 5.88 Å². The molecular formula is C17H17F3N4O2. The van der Waals surface area contributed by atoms with E-state index >= 15 is 0 Å². The van der Waals surface area contributed by atoms with Gasteiger partial charge < -0.3 is 14.5 Å². The molecule has 0 N–H and O–H groups in total. The van der Waals surface area contributed by atoms with Gasteiger partial charge in [0.1, 0.15) is 0 Å². The number of methoxy groups -OCH3 is 1. The maximum atomic E-state index is 12.8. The molecule has 0 bridgehead atoms. The third kappa shape index (κ3) is 3.87. The van der Waals surface area contributed by atoms with Crippen LogP contribution in [-0.4, -0.2) is 54.1 Å². The molecule has 1 aliphatic rings. The first-order chi connectivity index (χ1) is 12.4. The van der Waals surface area contributed by atoms with Gasteiger partial charge in [-0.05, 0) is 18.2 Å². The molecule has 1 saturated heterocycles. The Kier molecular flexibility index (Phi) is 4.97. The molecule has 1 aliphatic heterocycles. The molecule has 0 radical (unpaired) electrons. The summed E-state index contributed by atoms with van der Waals surface area (Å²) >= 11 is 0. The normalized spacial score (nSPS) is 15.1. The van der Waals surface area contributed by atoms with Gasteiger partial charge in [-0.25, -0.2) is 4.98 Å². The highest BCUT2D eigenvalue weighted by atomic mass is 19.4. The van der Waals surface area contributed by atoms with Crippen LogP contribution in [0.1, 0.15) is 15.9 Å². The second-order valence-electron chi connectivity index (χ2n) is 5.76. The van der Waals surface area contributed by atoms with Crippen molar-refractivity contribution in [3.05, 3.63) is 47.7 Å². The second-order valence-corrected chi connectivity index (χ2v) is 5.76. The van der Waals surface area contributed by atoms with E-state index in [-0.39, 0.29) is 5.56 Å². The van der Waals surface area contributed by atoms with E-state index in [1.54, 1.807) is 12.3 Å². The van der Waals surface area contributed by atoms with Gasteiger partial charge in [-0.3, -0.25) is 4.79 Å². The van der Waals surface area contributed by atoms with Gasteiger partial charge in [0.25, 0.3) is 5.91 Å². The Balaban J connectivity index is 1.67. The maximum Gasteiger partial charge on any atom is 0.416 e. The number of amides is 1. The number of hydrogen-bond acceptors (Lipinski definition) is 5. The van der Waals surface area contributed by atoms with Crippen LogP contribution in [0.3, 0.4) is 0 Å². The minimum atomic E-state index is -4.47. The van der Waals surface area contributed by atoms with Crippen molar-refractivity contribution in [1.82, 2.24) is 14.9 Å². The number of rotatable bonds is 3. The maximum absolute atomic E-state index is 12.8. The molecule has 3 rings (SSSR count). The first-order valence-electron chi connectivity index (χ1n) is 7.97. The van der Waals surface area contributed by atoms with Crippen LogP contribution < -0.4 is 9.64 Å². The molecule has 0 unspecified atom stereocenters. The summed E-state index contributed by atoms with van der Waals surface area (Å²) in [4.78, 5) is 24.4. The zero-order chi connectivity index (χ0) is 18.7. The highest BCUT2D eigenvalue weighted by Gasteiger charge is 2.31. The minimum absolute atomic E-state index is 0.0332. The number of ether oxygens (including phenoxy) is 1. The van der Waals surface area contributed by atoms with Crippen molar-refractivity contribution in [2.24, 2.45) is 0 Å². The lowest BCUT2D eigenvalue weighted by atomic mass is 10.1. The number of nitrogens with zero attached hydrogens (tertiary/aromatic N) is 4. The first-order valence-corrected chi connectivity index (χ1v) is 7.97. The number of aromatic nitrogens is 2. The Morgan fingerprint density at radius 1 is 1.15 bits per heavy atom. The Hall–Kier alpha value is -2.84. The van der Waals surface area contributed by atoms with E-state index in [1.807, 2.05) is 4.90 Å². The summed E-state index contributed by atoms with van der Waals surface area (Å²) in [5, 5.41) is 0. The summed E-state index contributed by atoms with van der Waals surface area (Å²) < 4.78 is 43.5. The largest absolute Gasteiger partial charge is 0.481 e. The van der Waals surface area contributed by atoms with Gasteiger partial charge in [0, 0.05) is 44.0 Å².